The molecular formula is C15H22N4O3S. The van der Waals surface area contributed by atoms with Gasteiger partial charge in [0.05, 0.1) is 11.4 Å². The van der Waals surface area contributed by atoms with Gasteiger partial charge in [-0.3, -0.25) is 0 Å². The third kappa shape index (κ3) is 3.32. The van der Waals surface area contributed by atoms with Crippen molar-refractivity contribution >= 4 is 10.0 Å². The standard InChI is InChI=1S/C15H22N4O3S/c1-3-11-23(20,21)19-9-6-12(7-10-19)15-16-14(17-22-15)13-5-4-8-18(13)2/h4-5,8,12H,3,6-7,9-11H2,1-2H3. The minimum Gasteiger partial charge on any atom is -0.348 e. The van der Waals surface area contributed by atoms with Crippen molar-refractivity contribution in [1.29, 1.82) is 0 Å². The molecule has 1 fully saturated rings. The van der Waals surface area contributed by atoms with Gasteiger partial charge in [-0.05, 0) is 31.4 Å². The summed E-state index contributed by atoms with van der Waals surface area (Å²) in [6.07, 6.45) is 4.02. The molecule has 0 radical (unpaired) electrons. The van der Waals surface area contributed by atoms with Gasteiger partial charge in [-0.1, -0.05) is 12.1 Å². The predicted molar refractivity (Wildman–Crippen MR) is 86.3 cm³/mol. The van der Waals surface area contributed by atoms with E-state index in [1.54, 1.807) is 4.31 Å². The second-order valence-corrected chi connectivity index (χ2v) is 8.04. The smallest absolute Gasteiger partial charge is 0.230 e. The maximum absolute atomic E-state index is 12.1. The van der Waals surface area contributed by atoms with Crippen molar-refractivity contribution in [3.8, 4) is 11.5 Å². The SMILES string of the molecule is CCCS(=O)(=O)N1CCC(c2nc(-c3cccn3C)no2)CC1. The Morgan fingerprint density at radius 2 is 2.09 bits per heavy atom. The highest BCUT2D eigenvalue weighted by atomic mass is 32.2. The largest absolute Gasteiger partial charge is 0.348 e. The Hall–Kier alpha value is -1.67. The molecule has 0 aromatic carbocycles. The maximum Gasteiger partial charge on any atom is 0.230 e. The van der Waals surface area contributed by atoms with Gasteiger partial charge in [-0.25, -0.2) is 12.7 Å². The quantitative estimate of drug-likeness (QED) is 0.833. The van der Waals surface area contributed by atoms with Crippen LogP contribution in [0.1, 0.15) is 38.0 Å². The molecule has 23 heavy (non-hydrogen) atoms. The summed E-state index contributed by atoms with van der Waals surface area (Å²) in [6, 6.07) is 3.87. The van der Waals surface area contributed by atoms with Crippen LogP contribution in [0.3, 0.4) is 0 Å². The second-order valence-electron chi connectivity index (χ2n) is 5.95. The summed E-state index contributed by atoms with van der Waals surface area (Å²) in [7, 11) is -1.18. The molecule has 0 spiro atoms. The lowest BCUT2D eigenvalue weighted by Gasteiger charge is -2.29. The topological polar surface area (TPSA) is 81.2 Å². The number of piperidine rings is 1. The van der Waals surface area contributed by atoms with Crippen LogP contribution in [0.2, 0.25) is 0 Å². The number of hydrogen-bond acceptors (Lipinski definition) is 5. The Labute approximate surface area is 136 Å². The molecule has 0 N–H and O–H groups in total. The van der Waals surface area contributed by atoms with E-state index in [9.17, 15) is 8.42 Å². The lowest BCUT2D eigenvalue weighted by Crippen LogP contribution is -2.39. The number of aryl methyl sites for hydroxylation is 1. The van der Waals surface area contributed by atoms with Gasteiger partial charge < -0.3 is 9.09 Å². The fourth-order valence-electron chi connectivity index (χ4n) is 2.97. The van der Waals surface area contributed by atoms with E-state index in [4.69, 9.17) is 4.52 Å². The van der Waals surface area contributed by atoms with E-state index in [0.717, 1.165) is 18.5 Å². The number of hydrogen-bond donors (Lipinski definition) is 0. The van der Waals surface area contributed by atoms with Crippen LogP contribution in [0, 0.1) is 0 Å². The highest BCUT2D eigenvalue weighted by Gasteiger charge is 2.30. The molecule has 8 heteroatoms. The summed E-state index contributed by atoms with van der Waals surface area (Å²) >= 11 is 0. The third-order valence-electron chi connectivity index (χ3n) is 4.27. The first-order valence-corrected chi connectivity index (χ1v) is 9.55. The van der Waals surface area contributed by atoms with Gasteiger partial charge in [-0.15, -0.1) is 0 Å². The van der Waals surface area contributed by atoms with Crippen molar-refractivity contribution < 1.29 is 12.9 Å². The second kappa shape index (κ2) is 6.45. The van der Waals surface area contributed by atoms with Gasteiger partial charge in [0.2, 0.25) is 21.7 Å². The number of aromatic nitrogens is 3. The van der Waals surface area contributed by atoms with E-state index in [2.05, 4.69) is 10.1 Å². The molecule has 1 aliphatic rings. The van der Waals surface area contributed by atoms with Gasteiger partial charge in [0, 0.05) is 32.3 Å². The van der Waals surface area contributed by atoms with Gasteiger partial charge in [0.1, 0.15) is 0 Å². The van der Waals surface area contributed by atoms with Crippen LogP contribution in [-0.4, -0.2) is 46.3 Å². The summed E-state index contributed by atoms with van der Waals surface area (Å²) < 4.78 is 33.1. The van der Waals surface area contributed by atoms with E-state index >= 15 is 0 Å². The van der Waals surface area contributed by atoms with E-state index in [0.29, 0.717) is 31.2 Å². The van der Waals surface area contributed by atoms with Crippen LogP contribution in [0.5, 0.6) is 0 Å². The molecule has 0 atom stereocenters. The summed E-state index contributed by atoms with van der Waals surface area (Å²) in [5.74, 6) is 1.53. The maximum atomic E-state index is 12.1. The highest BCUT2D eigenvalue weighted by molar-refractivity contribution is 7.89. The Morgan fingerprint density at radius 1 is 1.35 bits per heavy atom. The fourth-order valence-corrected chi connectivity index (χ4v) is 4.51. The molecule has 0 saturated carbocycles. The van der Waals surface area contributed by atoms with E-state index in [1.807, 2.05) is 36.9 Å². The summed E-state index contributed by atoms with van der Waals surface area (Å²) in [5.41, 5.74) is 0.906. The molecular weight excluding hydrogens is 316 g/mol. The van der Waals surface area contributed by atoms with Crippen LogP contribution in [0.15, 0.2) is 22.9 Å². The predicted octanol–water partition coefficient (Wildman–Crippen LogP) is 1.99. The number of rotatable bonds is 5. The monoisotopic (exact) mass is 338 g/mol. The molecule has 0 unspecified atom stereocenters. The van der Waals surface area contributed by atoms with Crippen molar-refractivity contribution in [2.24, 2.45) is 7.05 Å². The van der Waals surface area contributed by atoms with Crippen LogP contribution in [0.4, 0.5) is 0 Å². The first-order valence-electron chi connectivity index (χ1n) is 7.94. The third-order valence-corrected chi connectivity index (χ3v) is 6.35. The van der Waals surface area contributed by atoms with Crippen LogP contribution in [0.25, 0.3) is 11.5 Å². The number of nitrogens with zero attached hydrogens (tertiary/aromatic N) is 4. The van der Waals surface area contributed by atoms with E-state index < -0.39 is 10.0 Å². The molecule has 0 amide bonds. The van der Waals surface area contributed by atoms with Crippen molar-refractivity contribution in [2.45, 2.75) is 32.1 Å². The molecule has 7 nitrogen and oxygen atoms in total. The first-order chi connectivity index (χ1) is 11.0. The molecule has 3 heterocycles. The van der Waals surface area contributed by atoms with Gasteiger partial charge in [0.25, 0.3) is 0 Å². The molecule has 0 bridgehead atoms. The minimum atomic E-state index is -3.11. The minimum absolute atomic E-state index is 0.129. The molecule has 3 rings (SSSR count). The van der Waals surface area contributed by atoms with Crippen LogP contribution in [-0.2, 0) is 17.1 Å². The van der Waals surface area contributed by atoms with E-state index in [1.165, 1.54) is 0 Å². The molecule has 126 valence electrons. The zero-order chi connectivity index (χ0) is 16.4. The normalized spacial score (nSPS) is 17.7. The Kier molecular flexibility index (Phi) is 4.54. The van der Waals surface area contributed by atoms with Crippen molar-refractivity contribution in [3.63, 3.8) is 0 Å². The average molecular weight is 338 g/mol. The molecule has 2 aromatic rings. The lowest BCUT2D eigenvalue weighted by atomic mass is 9.98. The Morgan fingerprint density at radius 3 is 2.70 bits per heavy atom. The van der Waals surface area contributed by atoms with Crippen molar-refractivity contribution in [2.75, 3.05) is 18.8 Å². The molecule has 0 aliphatic carbocycles. The average Bonchev–Trinajstić information content (AvgIpc) is 3.16. The van der Waals surface area contributed by atoms with E-state index in [-0.39, 0.29) is 11.7 Å². The van der Waals surface area contributed by atoms with Crippen LogP contribution < -0.4 is 0 Å². The molecule has 2 aromatic heterocycles. The van der Waals surface area contributed by atoms with Crippen LogP contribution >= 0.6 is 0 Å². The Bertz CT molecular complexity index is 757. The first kappa shape index (κ1) is 16.2. The zero-order valence-electron chi connectivity index (χ0n) is 13.5. The van der Waals surface area contributed by atoms with Crippen molar-refractivity contribution in [3.05, 3.63) is 24.2 Å². The summed E-state index contributed by atoms with van der Waals surface area (Å²) in [5, 5.41) is 4.05. The van der Waals surface area contributed by atoms with Gasteiger partial charge in [0.15, 0.2) is 0 Å². The highest BCUT2D eigenvalue weighted by Crippen LogP contribution is 2.29. The van der Waals surface area contributed by atoms with Gasteiger partial charge >= 0.3 is 0 Å². The fraction of sp³-hybridized carbons (Fsp3) is 0.600. The number of sulfonamides is 1. The lowest BCUT2D eigenvalue weighted by molar-refractivity contribution is 0.270. The molecule has 1 saturated heterocycles. The molecule has 1 aliphatic heterocycles. The van der Waals surface area contributed by atoms with Crippen molar-refractivity contribution in [1.82, 2.24) is 19.0 Å². The van der Waals surface area contributed by atoms with Gasteiger partial charge in [-0.2, -0.15) is 4.98 Å². The zero-order valence-corrected chi connectivity index (χ0v) is 14.3. The summed E-state index contributed by atoms with van der Waals surface area (Å²) in [6.45, 7) is 2.93. The summed E-state index contributed by atoms with van der Waals surface area (Å²) in [4.78, 5) is 4.49. The Balaban J connectivity index is 1.67.